The topological polar surface area (TPSA) is 116 Å². The van der Waals surface area contributed by atoms with Crippen molar-refractivity contribution in [2.45, 2.75) is 69.9 Å². The van der Waals surface area contributed by atoms with Crippen LogP contribution in [-0.2, 0) is 4.79 Å². The van der Waals surface area contributed by atoms with Crippen LogP contribution < -0.4 is 10.5 Å². The van der Waals surface area contributed by atoms with Gasteiger partial charge in [-0.3, -0.25) is 24.6 Å². The number of benzene rings is 1. The van der Waals surface area contributed by atoms with E-state index >= 15 is 0 Å². The lowest BCUT2D eigenvalue weighted by Gasteiger charge is -2.47. The molecule has 1 saturated heterocycles. The molecule has 31 heavy (non-hydrogen) atoms. The van der Waals surface area contributed by atoms with Crippen molar-refractivity contribution in [3.05, 3.63) is 32.8 Å². The molecule has 3 unspecified atom stereocenters. The third-order valence-corrected chi connectivity index (χ3v) is 6.84. The van der Waals surface area contributed by atoms with Crippen LogP contribution in [0.15, 0.2) is 12.1 Å². The van der Waals surface area contributed by atoms with Crippen LogP contribution in [0, 0.1) is 16.0 Å². The lowest BCUT2D eigenvalue weighted by Crippen LogP contribution is -2.55. The molecule has 9 heteroatoms. The van der Waals surface area contributed by atoms with Gasteiger partial charge in [-0.1, -0.05) is 24.4 Å². The molecule has 1 aromatic rings. The number of carbonyl (C=O) groups is 2. The van der Waals surface area contributed by atoms with E-state index in [9.17, 15) is 19.7 Å². The number of nitro benzene ring substituents is 1. The maximum Gasteiger partial charge on any atom is 0.281 e. The number of halogens is 1. The second kappa shape index (κ2) is 10.9. The summed E-state index contributed by atoms with van der Waals surface area (Å²) in [5, 5.41) is 11.1. The molecule has 1 aliphatic carbocycles. The van der Waals surface area contributed by atoms with E-state index in [1.165, 1.54) is 31.7 Å². The van der Waals surface area contributed by atoms with Crippen molar-refractivity contribution < 1.29 is 19.2 Å². The zero-order chi connectivity index (χ0) is 22.4. The summed E-state index contributed by atoms with van der Waals surface area (Å²) in [5.41, 5.74) is 5.34. The first kappa shape index (κ1) is 23.5. The largest absolute Gasteiger partial charge is 0.492 e. The lowest BCUT2D eigenvalue weighted by molar-refractivity contribution is -0.385. The van der Waals surface area contributed by atoms with E-state index in [2.05, 4.69) is 4.90 Å². The molecule has 2 fully saturated rings. The predicted octanol–water partition coefficient (Wildman–Crippen LogP) is 4.12. The monoisotopic (exact) mass is 451 g/mol. The summed E-state index contributed by atoms with van der Waals surface area (Å²) in [6, 6.07) is 2.63. The molecule has 1 heterocycles. The number of hydrogen-bond donors (Lipinski definition) is 1. The van der Waals surface area contributed by atoms with Crippen LogP contribution in [0.25, 0.3) is 0 Å². The van der Waals surface area contributed by atoms with Gasteiger partial charge >= 0.3 is 0 Å². The number of carbonyl (C=O) groups excluding carboxylic acids is 2. The van der Waals surface area contributed by atoms with Gasteiger partial charge < -0.3 is 10.5 Å². The SMILES string of the molecule is NC(=O)C(CCCCOc1cc(C=O)c([N+](=O)[O-])cc1Cl)N1CCCC2CCCCC21. The summed E-state index contributed by atoms with van der Waals surface area (Å²) >= 11 is 6.06. The lowest BCUT2D eigenvalue weighted by atomic mass is 9.77. The minimum atomic E-state index is -0.652. The number of amides is 1. The number of rotatable bonds is 10. The highest BCUT2D eigenvalue weighted by molar-refractivity contribution is 6.32. The molecule has 0 radical (unpaired) electrons. The second-order valence-electron chi connectivity index (χ2n) is 8.47. The fraction of sp³-hybridized carbons (Fsp3) is 0.636. The van der Waals surface area contributed by atoms with Crippen LogP contribution in [0.2, 0.25) is 5.02 Å². The Morgan fingerprint density at radius 3 is 2.74 bits per heavy atom. The van der Waals surface area contributed by atoms with Gasteiger partial charge in [0.1, 0.15) is 5.75 Å². The third-order valence-electron chi connectivity index (χ3n) is 6.55. The highest BCUT2D eigenvalue weighted by atomic mass is 35.5. The average Bonchev–Trinajstić information content (AvgIpc) is 2.76. The quantitative estimate of drug-likeness (QED) is 0.247. The number of nitrogens with zero attached hydrogens (tertiary/aromatic N) is 2. The first-order chi connectivity index (χ1) is 14.9. The van der Waals surface area contributed by atoms with Gasteiger partial charge in [0.25, 0.3) is 5.69 Å². The molecule has 3 rings (SSSR count). The van der Waals surface area contributed by atoms with Crippen molar-refractivity contribution in [2.24, 2.45) is 11.7 Å². The van der Waals surface area contributed by atoms with Crippen LogP contribution in [-0.4, -0.2) is 47.3 Å². The van der Waals surface area contributed by atoms with Crippen LogP contribution in [0.4, 0.5) is 5.69 Å². The molecule has 2 aliphatic rings. The molecule has 1 aliphatic heterocycles. The normalized spacial score (nSPS) is 22.4. The molecular formula is C22H30ClN3O5. The minimum Gasteiger partial charge on any atom is -0.492 e. The van der Waals surface area contributed by atoms with Crippen molar-refractivity contribution in [3.63, 3.8) is 0 Å². The third kappa shape index (κ3) is 5.74. The Kier molecular flexibility index (Phi) is 8.26. The summed E-state index contributed by atoms with van der Waals surface area (Å²) in [7, 11) is 0. The number of ether oxygens (including phenoxy) is 1. The number of primary amides is 1. The Balaban J connectivity index is 1.52. The molecule has 1 saturated carbocycles. The molecular weight excluding hydrogens is 422 g/mol. The first-order valence-corrected chi connectivity index (χ1v) is 11.4. The van der Waals surface area contributed by atoms with Gasteiger partial charge in [-0.15, -0.1) is 0 Å². The van der Waals surface area contributed by atoms with Crippen LogP contribution in [0.1, 0.15) is 68.1 Å². The Labute approximate surface area is 187 Å². The molecule has 0 bridgehead atoms. The van der Waals surface area contributed by atoms with Crippen LogP contribution in [0.3, 0.4) is 0 Å². The number of nitro groups is 1. The fourth-order valence-corrected chi connectivity index (χ4v) is 5.28. The molecule has 3 atom stereocenters. The van der Waals surface area contributed by atoms with E-state index in [-0.39, 0.29) is 34.0 Å². The number of fused-ring (bicyclic) bond motifs is 1. The molecule has 8 nitrogen and oxygen atoms in total. The zero-order valence-electron chi connectivity index (χ0n) is 17.6. The molecule has 1 amide bonds. The van der Waals surface area contributed by atoms with Crippen LogP contribution in [0.5, 0.6) is 5.75 Å². The Bertz CT molecular complexity index is 817. The van der Waals surface area contributed by atoms with E-state index in [0.29, 0.717) is 37.7 Å². The number of hydrogen-bond acceptors (Lipinski definition) is 6. The molecule has 0 aromatic heterocycles. The Morgan fingerprint density at radius 1 is 1.29 bits per heavy atom. The maximum absolute atomic E-state index is 12.2. The molecule has 1 aromatic carbocycles. The van der Waals surface area contributed by atoms with Crippen molar-refractivity contribution in [1.82, 2.24) is 4.90 Å². The number of nitrogens with two attached hydrogens (primary N) is 1. The van der Waals surface area contributed by atoms with Gasteiger partial charge in [-0.2, -0.15) is 0 Å². The van der Waals surface area contributed by atoms with Crippen molar-refractivity contribution in [3.8, 4) is 5.75 Å². The predicted molar refractivity (Wildman–Crippen MR) is 118 cm³/mol. The Hall–Kier alpha value is -2.19. The van der Waals surface area contributed by atoms with E-state index in [4.69, 9.17) is 22.1 Å². The van der Waals surface area contributed by atoms with E-state index in [0.717, 1.165) is 31.9 Å². The summed E-state index contributed by atoms with van der Waals surface area (Å²) in [4.78, 5) is 36.0. The first-order valence-electron chi connectivity index (χ1n) is 11.0. The molecule has 0 spiro atoms. The summed E-state index contributed by atoms with van der Waals surface area (Å²) < 4.78 is 5.64. The molecule has 2 N–H and O–H groups in total. The second-order valence-corrected chi connectivity index (χ2v) is 8.88. The van der Waals surface area contributed by atoms with Gasteiger partial charge in [0.15, 0.2) is 6.29 Å². The van der Waals surface area contributed by atoms with Crippen LogP contribution >= 0.6 is 11.6 Å². The van der Waals surface area contributed by atoms with E-state index in [1.807, 2.05) is 0 Å². The molecule has 170 valence electrons. The Morgan fingerprint density at radius 2 is 2.03 bits per heavy atom. The minimum absolute atomic E-state index is 0.0784. The van der Waals surface area contributed by atoms with Crippen molar-refractivity contribution in [2.75, 3.05) is 13.2 Å². The van der Waals surface area contributed by atoms with Crippen molar-refractivity contribution >= 4 is 29.5 Å². The summed E-state index contributed by atoms with van der Waals surface area (Å²) in [5.74, 6) is 0.659. The number of piperidine rings is 1. The number of unbranched alkanes of at least 4 members (excludes halogenated alkanes) is 1. The van der Waals surface area contributed by atoms with Gasteiger partial charge in [-0.25, -0.2) is 0 Å². The van der Waals surface area contributed by atoms with Gasteiger partial charge in [0.05, 0.1) is 28.2 Å². The standard InChI is InChI=1S/C22H30ClN3O5/c23-17-13-20(26(29)30)16(14-27)12-21(17)31-11-4-3-9-19(22(24)28)25-10-5-7-15-6-1-2-8-18(15)25/h12-15,18-19H,1-11H2,(H2,24,28). The number of likely N-dealkylation sites (tertiary alicyclic amines) is 1. The van der Waals surface area contributed by atoms with Gasteiger partial charge in [0, 0.05) is 12.1 Å². The van der Waals surface area contributed by atoms with Gasteiger partial charge in [0.2, 0.25) is 5.91 Å². The summed E-state index contributed by atoms with van der Waals surface area (Å²) in [6.45, 7) is 1.26. The smallest absolute Gasteiger partial charge is 0.281 e. The maximum atomic E-state index is 12.2. The highest BCUT2D eigenvalue weighted by Crippen LogP contribution is 2.37. The number of aldehydes is 1. The summed E-state index contributed by atoms with van der Waals surface area (Å²) in [6.07, 6.45) is 9.79. The van der Waals surface area contributed by atoms with E-state index in [1.54, 1.807) is 0 Å². The highest BCUT2D eigenvalue weighted by Gasteiger charge is 2.38. The fourth-order valence-electron chi connectivity index (χ4n) is 5.07. The van der Waals surface area contributed by atoms with E-state index < -0.39 is 4.92 Å². The van der Waals surface area contributed by atoms with Crippen molar-refractivity contribution in [1.29, 1.82) is 0 Å². The zero-order valence-corrected chi connectivity index (χ0v) is 18.4. The van der Waals surface area contributed by atoms with Gasteiger partial charge in [-0.05, 0) is 63.5 Å². The average molecular weight is 452 g/mol.